The molecular weight excluding hydrogens is 314 g/mol. The molecule has 132 valence electrons. The van der Waals surface area contributed by atoms with Crippen molar-refractivity contribution in [3.63, 3.8) is 0 Å². The van der Waals surface area contributed by atoms with Crippen molar-refractivity contribution in [3.05, 3.63) is 47.7 Å². The Hall–Kier alpha value is -2.50. The van der Waals surface area contributed by atoms with Crippen LogP contribution in [-0.4, -0.2) is 45.9 Å². The van der Waals surface area contributed by atoms with Gasteiger partial charge < -0.3 is 10.2 Å². The third-order valence-corrected chi connectivity index (χ3v) is 4.72. The van der Waals surface area contributed by atoms with E-state index in [0.29, 0.717) is 11.5 Å². The number of aromatic nitrogens is 3. The molecule has 0 radical (unpaired) electrons. The summed E-state index contributed by atoms with van der Waals surface area (Å²) in [7, 11) is 1.84. The quantitative estimate of drug-likeness (QED) is 0.927. The predicted molar refractivity (Wildman–Crippen MR) is 97.5 cm³/mol. The van der Waals surface area contributed by atoms with E-state index in [1.807, 2.05) is 31.1 Å². The molecule has 25 heavy (non-hydrogen) atoms. The van der Waals surface area contributed by atoms with Crippen molar-refractivity contribution in [1.82, 2.24) is 19.9 Å². The van der Waals surface area contributed by atoms with Crippen LogP contribution in [0.4, 0.5) is 5.82 Å². The first kappa shape index (κ1) is 17.3. The van der Waals surface area contributed by atoms with Crippen LogP contribution in [0.15, 0.2) is 30.9 Å². The molecule has 0 saturated carbocycles. The van der Waals surface area contributed by atoms with Gasteiger partial charge in [-0.1, -0.05) is 0 Å². The average molecular weight is 339 g/mol. The molecule has 0 aliphatic carbocycles. The number of pyridine rings is 1. The van der Waals surface area contributed by atoms with E-state index >= 15 is 0 Å². The molecule has 1 N–H and O–H groups in total. The Morgan fingerprint density at radius 2 is 2.08 bits per heavy atom. The van der Waals surface area contributed by atoms with Crippen LogP contribution in [0, 0.1) is 12.8 Å². The number of nitrogens with one attached hydrogen (secondary N) is 1. The fourth-order valence-corrected chi connectivity index (χ4v) is 3.31. The molecule has 1 fully saturated rings. The Kier molecular flexibility index (Phi) is 5.58. The van der Waals surface area contributed by atoms with Crippen LogP contribution >= 0.6 is 0 Å². The molecule has 1 unspecified atom stereocenters. The van der Waals surface area contributed by atoms with Crippen molar-refractivity contribution in [2.75, 3.05) is 25.5 Å². The van der Waals surface area contributed by atoms with Crippen molar-refractivity contribution in [1.29, 1.82) is 0 Å². The predicted octanol–water partition coefficient (Wildman–Crippen LogP) is 2.71. The zero-order valence-corrected chi connectivity index (χ0v) is 14.9. The lowest BCUT2D eigenvalue weighted by molar-refractivity contribution is 0.0759. The number of likely N-dealkylation sites (tertiary alicyclic amines) is 1. The summed E-state index contributed by atoms with van der Waals surface area (Å²) in [5.74, 6) is 1.42. The number of carbonyl (C=O) groups is 1. The first-order valence-electron chi connectivity index (χ1n) is 8.85. The maximum Gasteiger partial charge on any atom is 0.255 e. The average Bonchev–Trinajstić information content (AvgIpc) is 2.87. The van der Waals surface area contributed by atoms with Crippen LogP contribution in [0.3, 0.4) is 0 Å². The fraction of sp³-hybridized carbons (Fsp3) is 0.474. The highest BCUT2D eigenvalue weighted by atomic mass is 16.2. The number of amides is 1. The van der Waals surface area contributed by atoms with Gasteiger partial charge in [-0.3, -0.25) is 14.8 Å². The van der Waals surface area contributed by atoms with Gasteiger partial charge in [0.15, 0.2) is 0 Å². The summed E-state index contributed by atoms with van der Waals surface area (Å²) in [4.78, 5) is 27.6. The molecule has 1 aliphatic heterocycles. The van der Waals surface area contributed by atoms with Crippen molar-refractivity contribution in [3.8, 4) is 0 Å². The number of aryl methyl sites for hydroxylation is 1. The Labute approximate surface area is 148 Å². The van der Waals surface area contributed by atoms with Gasteiger partial charge in [0.05, 0.1) is 23.7 Å². The molecule has 2 aromatic heterocycles. The third kappa shape index (κ3) is 4.53. The minimum Gasteiger partial charge on any atom is -0.372 e. The number of hydrogen-bond acceptors (Lipinski definition) is 5. The molecule has 1 saturated heterocycles. The lowest BCUT2D eigenvalue weighted by Crippen LogP contribution is -2.32. The summed E-state index contributed by atoms with van der Waals surface area (Å²) < 4.78 is 0. The molecule has 1 amide bonds. The van der Waals surface area contributed by atoms with Crippen LogP contribution < -0.4 is 5.32 Å². The van der Waals surface area contributed by atoms with Gasteiger partial charge in [0, 0.05) is 32.5 Å². The first-order chi connectivity index (χ1) is 12.2. The topological polar surface area (TPSA) is 71.0 Å². The second kappa shape index (κ2) is 8.05. The zero-order chi connectivity index (χ0) is 17.6. The fourth-order valence-electron chi connectivity index (χ4n) is 3.31. The van der Waals surface area contributed by atoms with E-state index in [1.54, 1.807) is 18.6 Å². The number of rotatable bonds is 4. The highest BCUT2D eigenvalue weighted by Crippen LogP contribution is 2.22. The zero-order valence-electron chi connectivity index (χ0n) is 14.9. The third-order valence-electron chi connectivity index (χ3n) is 4.72. The van der Waals surface area contributed by atoms with Crippen molar-refractivity contribution < 1.29 is 4.79 Å². The Morgan fingerprint density at radius 3 is 2.80 bits per heavy atom. The summed E-state index contributed by atoms with van der Waals surface area (Å²) >= 11 is 0. The summed E-state index contributed by atoms with van der Waals surface area (Å²) in [6, 6.07) is 1.91. The van der Waals surface area contributed by atoms with Gasteiger partial charge in [-0.05, 0) is 50.2 Å². The van der Waals surface area contributed by atoms with E-state index in [0.717, 1.165) is 55.8 Å². The lowest BCUT2D eigenvalue weighted by atomic mass is 9.95. The van der Waals surface area contributed by atoms with Crippen LogP contribution in [0.2, 0.25) is 0 Å². The SMILES string of the molecule is CNc1cnc(CC2CCCN(C(=O)c3cncc(C)c3)CC2)cn1. The Bertz CT molecular complexity index is 716. The van der Waals surface area contributed by atoms with Gasteiger partial charge in [-0.2, -0.15) is 0 Å². The maximum atomic E-state index is 12.7. The normalized spacial score (nSPS) is 17.8. The second-order valence-corrected chi connectivity index (χ2v) is 6.69. The van der Waals surface area contributed by atoms with Crippen molar-refractivity contribution >= 4 is 11.7 Å². The molecular formula is C19H25N5O. The van der Waals surface area contributed by atoms with E-state index < -0.39 is 0 Å². The largest absolute Gasteiger partial charge is 0.372 e. The monoisotopic (exact) mass is 339 g/mol. The van der Waals surface area contributed by atoms with Gasteiger partial charge in [-0.15, -0.1) is 0 Å². The lowest BCUT2D eigenvalue weighted by Gasteiger charge is -2.20. The van der Waals surface area contributed by atoms with Gasteiger partial charge in [0.2, 0.25) is 0 Å². The van der Waals surface area contributed by atoms with E-state index in [1.165, 1.54) is 0 Å². The smallest absolute Gasteiger partial charge is 0.255 e. The van der Waals surface area contributed by atoms with Crippen LogP contribution in [0.1, 0.15) is 40.9 Å². The van der Waals surface area contributed by atoms with Gasteiger partial charge >= 0.3 is 0 Å². The summed E-state index contributed by atoms with van der Waals surface area (Å²) in [5.41, 5.74) is 2.72. The van der Waals surface area contributed by atoms with Crippen LogP contribution in [0.25, 0.3) is 0 Å². The van der Waals surface area contributed by atoms with Crippen molar-refractivity contribution in [2.45, 2.75) is 32.6 Å². The summed E-state index contributed by atoms with van der Waals surface area (Å²) in [6.07, 6.45) is 11.1. The van der Waals surface area contributed by atoms with Crippen molar-refractivity contribution in [2.24, 2.45) is 5.92 Å². The molecule has 3 heterocycles. The number of anilines is 1. The van der Waals surface area contributed by atoms with E-state index in [4.69, 9.17) is 0 Å². The van der Waals surface area contributed by atoms with Gasteiger partial charge in [0.25, 0.3) is 5.91 Å². The molecule has 6 heteroatoms. The molecule has 2 aromatic rings. The van der Waals surface area contributed by atoms with E-state index in [9.17, 15) is 4.79 Å². The van der Waals surface area contributed by atoms with Crippen LogP contribution in [0.5, 0.6) is 0 Å². The maximum absolute atomic E-state index is 12.7. The molecule has 3 rings (SSSR count). The molecule has 6 nitrogen and oxygen atoms in total. The Balaban J connectivity index is 1.59. The Morgan fingerprint density at radius 1 is 1.20 bits per heavy atom. The molecule has 0 bridgehead atoms. The molecule has 1 atom stereocenters. The summed E-state index contributed by atoms with van der Waals surface area (Å²) in [5, 5.41) is 2.98. The molecule has 1 aliphatic rings. The van der Waals surface area contributed by atoms with Gasteiger partial charge in [0.1, 0.15) is 5.82 Å². The standard InChI is InChI=1S/C19H25N5O/c1-14-8-16(11-21-10-14)19(25)24-6-3-4-15(5-7-24)9-17-12-23-18(20-2)13-22-17/h8,10-13,15H,3-7,9H2,1-2H3,(H,20,23). The van der Waals surface area contributed by atoms with Crippen LogP contribution in [-0.2, 0) is 6.42 Å². The minimum absolute atomic E-state index is 0.0926. The van der Waals surface area contributed by atoms with E-state index in [2.05, 4.69) is 20.3 Å². The number of hydrogen-bond donors (Lipinski definition) is 1. The highest BCUT2D eigenvalue weighted by molar-refractivity contribution is 5.94. The number of carbonyl (C=O) groups excluding carboxylic acids is 1. The summed E-state index contributed by atoms with van der Waals surface area (Å²) in [6.45, 7) is 3.57. The molecule has 0 spiro atoms. The van der Waals surface area contributed by atoms with E-state index in [-0.39, 0.29) is 5.91 Å². The number of nitrogens with zero attached hydrogens (tertiary/aromatic N) is 4. The first-order valence-corrected chi connectivity index (χ1v) is 8.85. The second-order valence-electron chi connectivity index (χ2n) is 6.69. The van der Waals surface area contributed by atoms with Gasteiger partial charge in [-0.25, -0.2) is 4.98 Å². The minimum atomic E-state index is 0.0926. The molecule has 0 aromatic carbocycles. The highest BCUT2D eigenvalue weighted by Gasteiger charge is 2.22.